The first-order valence-corrected chi connectivity index (χ1v) is 17.1. The average Bonchev–Trinajstić information content (AvgIpc) is 3.71. The Labute approximate surface area is 296 Å². The Morgan fingerprint density at radius 1 is 0.980 bits per heavy atom. The molecule has 12 heteroatoms. The number of ether oxygens (including phenoxy) is 6. The van der Waals surface area contributed by atoms with E-state index in [0.717, 1.165) is 33.4 Å². The summed E-state index contributed by atoms with van der Waals surface area (Å²) < 4.78 is 36.3. The molecule has 3 aromatic carbocycles. The molecule has 0 aromatic heterocycles. The highest BCUT2D eigenvalue weighted by molar-refractivity contribution is 6.21. The number of nitriles is 1. The van der Waals surface area contributed by atoms with Crippen LogP contribution in [0.2, 0.25) is 0 Å². The zero-order valence-electron chi connectivity index (χ0n) is 29.4. The number of piperazine rings is 1. The molecule has 5 aliphatic heterocycles. The van der Waals surface area contributed by atoms with Gasteiger partial charge in [-0.3, -0.25) is 24.3 Å². The number of rotatable bonds is 9. The lowest BCUT2D eigenvalue weighted by atomic mass is 9.71. The standard InChI is InChI=1S/C39H40N4O8/c1-7-12-48-34-21(3)35-37(51-19-50-35)31-25(34)15-27-32-30-22(13-20(2)33(47-6)36(30)49-18-46-5)14-26(41(32)4)28(16-40)43(27)29(31)17-42-38(44)23-10-8-9-11-24(23)39(42)45/h7-11,13,26-29,32H,1,12,14-15,17-19H2,2-6H3/t26-,27-,28-,29-,32-/m0/s1. The fourth-order valence-electron chi connectivity index (χ4n) is 9.16. The summed E-state index contributed by atoms with van der Waals surface area (Å²) in [6.07, 6.45) is 2.74. The maximum Gasteiger partial charge on any atom is 0.261 e. The zero-order valence-corrected chi connectivity index (χ0v) is 29.4. The fraction of sp³-hybridized carbons (Fsp3) is 0.410. The maximum atomic E-state index is 13.9. The Balaban J connectivity index is 1.37. The van der Waals surface area contributed by atoms with E-state index in [2.05, 4.69) is 35.6 Å². The molecule has 0 aliphatic carbocycles. The molecule has 0 radical (unpaired) electrons. The van der Waals surface area contributed by atoms with Gasteiger partial charge in [-0.1, -0.05) is 30.9 Å². The second-order valence-electron chi connectivity index (χ2n) is 13.6. The molecular formula is C39H40N4O8. The van der Waals surface area contributed by atoms with Crippen LogP contribution in [0.25, 0.3) is 0 Å². The summed E-state index contributed by atoms with van der Waals surface area (Å²) in [5.74, 6) is 2.25. The molecule has 0 N–H and O–H groups in total. The second-order valence-corrected chi connectivity index (χ2v) is 13.6. The first kappa shape index (κ1) is 33.1. The summed E-state index contributed by atoms with van der Waals surface area (Å²) in [7, 11) is 5.27. The quantitative estimate of drug-likeness (QED) is 0.177. The topological polar surface area (TPSA) is 123 Å². The summed E-state index contributed by atoms with van der Waals surface area (Å²) in [6, 6.07) is 9.60. The van der Waals surface area contributed by atoms with Crippen LogP contribution in [-0.2, 0) is 17.6 Å². The molecule has 0 saturated carbocycles. The van der Waals surface area contributed by atoms with Gasteiger partial charge in [0.1, 0.15) is 18.4 Å². The van der Waals surface area contributed by atoms with E-state index >= 15 is 0 Å². The third-order valence-electron chi connectivity index (χ3n) is 11.1. The molecule has 1 fully saturated rings. The minimum Gasteiger partial charge on any atom is -0.493 e. The van der Waals surface area contributed by atoms with Gasteiger partial charge in [0.2, 0.25) is 6.79 Å². The monoisotopic (exact) mass is 692 g/mol. The van der Waals surface area contributed by atoms with Gasteiger partial charge in [-0.2, -0.15) is 5.26 Å². The molecule has 5 aliphatic rings. The van der Waals surface area contributed by atoms with Gasteiger partial charge in [-0.05, 0) is 57.0 Å². The van der Waals surface area contributed by atoms with Crippen molar-refractivity contribution in [2.45, 2.75) is 56.9 Å². The van der Waals surface area contributed by atoms with Gasteiger partial charge in [-0.25, -0.2) is 0 Å². The van der Waals surface area contributed by atoms with Crippen LogP contribution in [0.3, 0.4) is 0 Å². The third kappa shape index (κ3) is 4.75. The number of hydrogen-bond acceptors (Lipinski definition) is 11. The number of aryl methyl sites for hydroxylation is 1. The van der Waals surface area contributed by atoms with Crippen molar-refractivity contribution in [3.8, 4) is 34.8 Å². The summed E-state index contributed by atoms with van der Waals surface area (Å²) in [5, 5.41) is 11.1. The highest BCUT2D eigenvalue weighted by Gasteiger charge is 2.57. The highest BCUT2D eigenvalue weighted by atomic mass is 16.7. The normalized spacial score (nSPS) is 24.3. The number of carbonyl (C=O) groups excluding carboxylic acids is 2. The number of benzene rings is 3. The van der Waals surface area contributed by atoms with Crippen molar-refractivity contribution in [2.75, 3.05) is 48.0 Å². The Bertz CT molecular complexity index is 1990. The molecular weight excluding hydrogens is 652 g/mol. The number of carbonyl (C=O) groups is 2. The summed E-state index contributed by atoms with van der Waals surface area (Å²) in [6.45, 7) is 8.10. The Hall–Kier alpha value is -5.09. The maximum absolute atomic E-state index is 13.9. The number of likely N-dealkylation sites (N-methyl/N-ethyl adjacent to an activating group) is 1. The Kier molecular flexibility index (Phi) is 8.17. The van der Waals surface area contributed by atoms with E-state index in [4.69, 9.17) is 28.4 Å². The third-order valence-corrected chi connectivity index (χ3v) is 11.1. The van der Waals surface area contributed by atoms with Crippen LogP contribution in [0.4, 0.5) is 0 Å². The summed E-state index contributed by atoms with van der Waals surface area (Å²) in [5.41, 5.74) is 6.14. The van der Waals surface area contributed by atoms with Crippen LogP contribution >= 0.6 is 0 Å². The number of nitrogens with zero attached hydrogens (tertiary/aromatic N) is 4. The van der Waals surface area contributed by atoms with E-state index in [1.54, 1.807) is 44.6 Å². The number of imide groups is 1. The molecule has 2 amide bonds. The zero-order chi connectivity index (χ0) is 35.7. The molecule has 3 aromatic rings. The van der Waals surface area contributed by atoms with E-state index in [9.17, 15) is 14.9 Å². The molecule has 12 nitrogen and oxygen atoms in total. The van der Waals surface area contributed by atoms with Crippen LogP contribution < -0.4 is 23.7 Å². The molecule has 2 bridgehead atoms. The number of fused-ring (bicyclic) bond motifs is 10. The van der Waals surface area contributed by atoms with Crippen molar-refractivity contribution in [1.29, 1.82) is 5.26 Å². The predicted octanol–water partition coefficient (Wildman–Crippen LogP) is 4.66. The van der Waals surface area contributed by atoms with Crippen molar-refractivity contribution >= 4 is 11.8 Å². The molecule has 0 spiro atoms. The molecule has 8 rings (SSSR count). The minimum atomic E-state index is -0.635. The van der Waals surface area contributed by atoms with Gasteiger partial charge >= 0.3 is 0 Å². The van der Waals surface area contributed by atoms with Crippen LogP contribution in [0.15, 0.2) is 43.0 Å². The lowest BCUT2D eigenvalue weighted by Crippen LogP contribution is -2.69. The molecule has 51 heavy (non-hydrogen) atoms. The van der Waals surface area contributed by atoms with Crippen molar-refractivity contribution < 1.29 is 38.0 Å². The molecule has 1 saturated heterocycles. The van der Waals surface area contributed by atoms with Crippen molar-refractivity contribution in [3.63, 3.8) is 0 Å². The van der Waals surface area contributed by atoms with Crippen molar-refractivity contribution in [2.24, 2.45) is 0 Å². The smallest absolute Gasteiger partial charge is 0.261 e. The highest BCUT2D eigenvalue weighted by Crippen LogP contribution is 2.59. The fourth-order valence-corrected chi connectivity index (χ4v) is 9.16. The second kappa shape index (κ2) is 12.6. The van der Waals surface area contributed by atoms with Crippen molar-refractivity contribution in [1.82, 2.24) is 14.7 Å². The summed E-state index contributed by atoms with van der Waals surface area (Å²) >= 11 is 0. The predicted molar refractivity (Wildman–Crippen MR) is 185 cm³/mol. The first-order chi connectivity index (χ1) is 24.7. The Morgan fingerprint density at radius 3 is 2.37 bits per heavy atom. The van der Waals surface area contributed by atoms with Gasteiger partial charge in [0.25, 0.3) is 11.8 Å². The van der Waals surface area contributed by atoms with E-state index in [-0.39, 0.29) is 56.7 Å². The molecule has 264 valence electrons. The lowest BCUT2D eigenvalue weighted by molar-refractivity contribution is -0.0766. The van der Waals surface area contributed by atoms with Gasteiger partial charge < -0.3 is 28.4 Å². The largest absolute Gasteiger partial charge is 0.493 e. The lowest BCUT2D eigenvalue weighted by Gasteiger charge is -2.60. The molecule has 5 atom stereocenters. The van der Waals surface area contributed by atoms with E-state index in [1.165, 1.54) is 4.90 Å². The number of amides is 2. The van der Waals surface area contributed by atoms with Gasteiger partial charge in [0.15, 0.2) is 29.8 Å². The average molecular weight is 693 g/mol. The van der Waals surface area contributed by atoms with Gasteiger partial charge in [-0.15, -0.1) is 0 Å². The van der Waals surface area contributed by atoms with Gasteiger partial charge in [0, 0.05) is 48.0 Å². The SMILES string of the molecule is C=CCOc1c(C)c2c(c3c1C[C@H]1[C@H]4c5c(cc(C)c(OC)c5OCOC)C[C@@H]([C@H](C#N)N1[C@H]3CN1C(=O)c3ccccc3C1=O)N4C)OCO2. The van der Waals surface area contributed by atoms with Crippen LogP contribution in [0, 0.1) is 25.2 Å². The van der Waals surface area contributed by atoms with Crippen LogP contribution in [0.1, 0.15) is 66.2 Å². The first-order valence-electron chi connectivity index (χ1n) is 17.1. The van der Waals surface area contributed by atoms with E-state index in [0.29, 0.717) is 52.7 Å². The van der Waals surface area contributed by atoms with Gasteiger partial charge in [0.05, 0.1) is 36.4 Å². The van der Waals surface area contributed by atoms with E-state index < -0.39 is 12.1 Å². The summed E-state index contributed by atoms with van der Waals surface area (Å²) in [4.78, 5) is 33.7. The van der Waals surface area contributed by atoms with Crippen LogP contribution in [0.5, 0.6) is 28.7 Å². The van der Waals surface area contributed by atoms with Crippen LogP contribution in [-0.4, -0.2) is 92.6 Å². The van der Waals surface area contributed by atoms with E-state index in [1.807, 2.05) is 13.8 Å². The molecule has 0 unspecified atom stereocenters. The number of hydrogen-bond donors (Lipinski definition) is 0. The number of methoxy groups -OCH3 is 2. The Morgan fingerprint density at radius 2 is 1.71 bits per heavy atom. The van der Waals surface area contributed by atoms with Crippen molar-refractivity contribution in [3.05, 3.63) is 87.5 Å². The minimum absolute atomic E-state index is 0.00590. The molecule has 5 heterocycles.